The predicted molar refractivity (Wildman–Crippen MR) is 79.1 cm³/mol. The fourth-order valence-corrected chi connectivity index (χ4v) is 2.49. The van der Waals surface area contributed by atoms with Crippen molar-refractivity contribution in [3.8, 4) is 0 Å². The molecule has 2 rings (SSSR count). The molecule has 6 nitrogen and oxygen atoms in total. The summed E-state index contributed by atoms with van der Waals surface area (Å²) >= 11 is 0. The number of hydrogen-bond donors (Lipinski definition) is 2. The quantitative estimate of drug-likeness (QED) is 0.842. The van der Waals surface area contributed by atoms with Crippen molar-refractivity contribution in [3.05, 3.63) is 17.5 Å². The van der Waals surface area contributed by atoms with E-state index in [1.165, 1.54) is 0 Å². The second-order valence-electron chi connectivity index (χ2n) is 6.21. The normalized spacial score (nSPS) is 18.9. The Morgan fingerprint density at radius 2 is 2.10 bits per heavy atom. The topological polar surface area (TPSA) is 76.2 Å². The van der Waals surface area contributed by atoms with E-state index in [0.29, 0.717) is 31.4 Å². The van der Waals surface area contributed by atoms with E-state index in [4.69, 9.17) is 9.47 Å². The first-order valence-corrected chi connectivity index (χ1v) is 7.51. The molecule has 6 heteroatoms. The molecule has 0 radical (unpaired) electrons. The van der Waals surface area contributed by atoms with Gasteiger partial charge in [-0.2, -0.15) is 5.10 Å². The molecule has 0 spiro atoms. The van der Waals surface area contributed by atoms with Gasteiger partial charge in [-0.05, 0) is 24.8 Å². The van der Waals surface area contributed by atoms with Crippen LogP contribution in [0.3, 0.4) is 0 Å². The summed E-state index contributed by atoms with van der Waals surface area (Å²) in [5.41, 5.74) is 1.40. The van der Waals surface area contributed by atoms with Gasteiger partial charge in [0.15, 0.2) is 5.79 Å². The van der Waals surface area contributed by atoms with Crippen molar-refractivity contribution < 1.29 is 14.3 Å². The maximum Gasteiger partial charge on any atom is 0.271 e. The molecule has 118 valence electrons. The van der Waals surface area contributed by atoms with Crippen molar-refractivity contribution >= 4 is 5.91 Å². The lowest BCUT2D eigenvalue weighted by molar-refractivity contribution is -0.153. The zero-order valence-corrected chi connectivity index (χ0v) is 13.2. The first-order chi connectivity index (χ1) is 9.89. The number of nitrogens with one attached hydrogen (secondary N) is 2. The summed E-state index contributed by atoms with van der Waals surface area (Å²) in [4.78, 5) is 12.0. The highest BCUT2D eigenvalue weighted by Crippen LogP contribution is 2.26. The van der Waals surface area contributed by atoms with Crippen LogP contribution in [0, 0.1) is 5.92 Å². The lowest BCUT2D eigenvalue weighted by Crippen LogP contribution is -2.34. The van der Waals surface area contributed by atoms with Gasteiger partial charge < -0.3 is 14.8 Å². The molecule has 2 heterocycles. The van der Waals surface area contributed by atoms with Crippen LogP contribution in [0.1, 0.15) is 56.2 Å². The molecule has 0 unspecified atom stereocenters. The van der Waals surface area contributed by atoms with Crippen molar-refractivity contribution in [1.29, 1.82) is 0 Å². The molecule has 1 amide bonds. The number of carbonyl (C=O) groups excluding carboxylic acids is 1. The zero-order valence-electron chi connectivity index (χ0n) is 13.2. The predicted octanol–water partition coefficient (Wildman–Crippen LogP) is 2.05. The highest BCUT2D eigenvalue weighted by Gasteiger charge is 2.32. The van der Waals surface area contributed by atoms with Crippen molar-refractivity contribution in [3.63, 3.8) is 0 Å². The van der Waals surface area contributed by atoms with Gasteiger partial charge in [0, 0.05) is 18.7 Å². The van der Waals surface area contributed by atoms with E-state index in [9.17, 15) is 4.79 Å². The fourth-order valence-electron chi connectivity index (χ4n) is 2.49. The highest BCUT2D eigenvalue weighted by atomic mass is 16.7. The lowest BCUT2D eigenvalue weighted by atomic mass is 10.0. The first-order valence-electron chi connectivity index (χ1n) is 7.51. The number of aromatic amines is 1. The number of nitrogens with zero attached hydrogens (tertiary/aromatic N) is 1. The average molecular weight is 295 g/mol. The van der Waals surface area contributed by atoms with Gasteiger partial charge in [-0.1, -0.05) is 20.8 Å². The Balaban J connectivity index is 1.80. The lowest BCUT2D eigenvalue weighted by Gasteiger charge is -2.25. The van der Waals surface area contributed by atoms with Gasteiger partial charge in [-0.15, -0.1) is 0 Å². The van der Waals surface area contributed by atoms with E-state index < -0.39 is 5.79 Å². The largest absolute Gasteiger partial charge is 0.350 e. The molecule has 1 aromatic heterocycles. The average Bonchev–Trinajstić information content (AvgIpc) is 3.05. The number of rotatable bonds is 6. The summed E-state index contributed by atoms with van der Waals surface area (Å²) < 4.78 is 11.2. The third kappa shape index (κ3) is 4.28. The van der Waals surface area contributed by atoms with Gasteiger partial charge in [0.2, 0.25) is 0 Å². The maximum atomic E-state index is 12.0. The van der Waals surface area contributed by atoms with Gasteiger partial charge in [-0.25, -0.2) is 0 Å². The third-order valence-corrected chi connectivity index (χ3v) is 3.68. The summed E-state index contributed by atoms with van der Waals surface area (Å²) in [7, 11) is 0. The van der Waals surface area contributed by atoms with Crippen molar-refractivity contribution in [2.24, 2.45) is 5.92 Å². The Morgan fingerprint density at radius 1 is 1.43 bits per heavy atom. The SMILES string of the molecule is CC(C)c1cc(C(=O)NC[C@@H](C)CC2(C)OCCO2)n[nH]1. The van der Waals surface area contributed by atoms with Crippen molar-refractivity contribution in [1.82, 2.24) is 15.5 Å². The highest BCUT2D eigenvalue weighted by molar-refractivity contribution is 5.92. The van der Waals surface area contributed by atoms with Gasteiger partial charge in [0.1, 0.15) is 5.69 Å². The van der Waals surface area contributed by atoms with Crippen LogP contribution < -0.4 is 5.32 Å². The van der Waals surface area contributed by atoms with E-state index in [2.05, 4.69) is 36.3 Å². The second kappa shape index (κ2) is 6.58. The molecule has 1 aromatic rings. The van der Waals surface area contributed by atoms with Crippen molar-refractivity contribution in [2.45, 2.75) is 45.8 Å². The molecule has 1 saturated heterocycles. The molecule has 2 N–H and O–H groups in total. The van der Waals surface area contributed by atoms with E-state index in [0.717, 1.165) is 12.1 Å². The van der Waals surface area contributed by atoms with Crippen LogP contribution in [0.2, 0.25) is 0 Å². The number of hydrogen-bond acceptors (Lipinski definition) is 4. The minimum Gasteiger partial charge on any atom is -0.350 e. The number of H-pyrrole nitrogens is 1. The van der Waals surface area contributed by atoms with Crippen LogP contribution >= 0.6 is 0 Å². The summed E-state index contributed by atoms with van der Waals surface area (Å²) in [5.74, 6) is -0.0695. The first kappa shape index (κ1) is 16.0. The minimum absolute atomic E-state index is 0.150. The van der Waals surface area contributed by atoms with E-state index >= 15 is 0 Å². The molecular formula is C15H25N3O3. The number of ether oxygens (including phenoxy) is 2. The third-order valence-electron chi connectivity index (χ3n) is 3.68. The molecule has 1 fully saturated rings. The van der Waals surface area contributed by atoms with Crippen LogP contribution in [0.5, 0.6) is 0 Å². The Morgan fingerprint density at radius 3 is 2.67 bits per heavy atom. The van der Waals surface area contributed by atoms with Gasteiger partial charge >= 0.3 is 0 Å². The van der Waals surface area contributed by atoms with Crippen LogP contribution in [-0.2, 0) is 9.47 Å². The standard InChI is InChI=1S/C15H25N3O3/c1-10(2)12-7-13(18-17-12)14(19)16-9-11(3)8-15(4)20-5-6-21-15/h7,10-11H,5-6,8-9H2,1-4H3,(H,16,19)(H,17,18)/t11-/m0/s1. The zero-order chi connectivity index (χ0) is 15.5. The Hall–Kier alpha value is -1.40. The molecule has 1 atom stereocenters. The molecule has 1 aliphatic heterocycles. The maximum absolute atomic E-state index is 12.0. The molecule has 21 heavy (non-hydrogen) atoms. The molecular weight excluding hydrogens is 270 g/mol. The molecule has 0 aliphatic carbocycles. The number of carbonyl (C=O) groups is 1. The minimum atomic E-state index is -0.513. The summed E-state index contributed by atoms with van der Waals surface area (Å²) in [5, 5.41) is 9.84. The van der Waals surface area contributed by atoms with Crippen molar-refractivity contribution in [2.75, 3.05) is 19.8 Å². The van der Waals surface area contributed by atoms with E-state index in [-0.39, 0.29) is 11.8 Å². The molecule has 0 aromatic carbocycles. The molecule has 0 saturated carbocycles. The summed E-state index contributed by atoms with van der Waals surface area (Å²) in [6, 6.07) is 1.80. The summed E-state index contributed by atoms with van der Waals surface area (Å²) in [6.07, 6.45) is 0.755. The fraction of sp³-hybridized carbons (Fsp3) is 0.733. The van der Waals surface area contributed by atoms with E-state index in [1.807, 2.05) is 6.92 Å². The van der Waals surface area contributed by atoms with Gasteiger partial charge in [0.05, 0.1) is 13.2 Å². The van der Waals surface area contributed by atoms with E-state index in [1.54, 1.807) is 6.07 Å². The monoisotopic (exact) mass is 295 g/mol. The number of aromatic nitrogens is 2. The summed E-state index contributed by atoms with van der Waals surface area (Å²) in [6.45, 7) is 9.98. The Kier molecular flexibility index (Phi) is 5.00. The Bertz CT molecular complexity index is 478. The Labute approximate surface area is 125 Å². The van der Waals surface area contributed by atoms with Gasteiger partial charge in [0.25, 0.3) is 5.91 Å². The van der Waals surface area contributed by atoms with Crippen LogP contribution in [0.25, 0.3) is 0 Å². The molecule has 1 aliphatic rings. The van der Waals surface area contributed by atoms with Gasteiger partial charge in [-0.3, -0.25) is 9.89 Å². The second-order valence-corrected chi connectivity index (χ2v) is 6.21. The van der Waals surface area contributed by atoms with Crippen LogP contribution in [0.15, 0.2) is 6.07 Å². The smallest absolute Gasteiger partial charge is 0.271 e. The number of amides is 1. The molecule has 0 bridgehead atoms. The van der Waals surface area contributed by atoms with Crippen LogP contribution in [-0.4, -0.2) is 41.7 Å². The van der Waals surface area contributed by atoms with Crippen LogP contribution in [0.4, 0.5) is 0 Å².